The van der Waals surface area contributed by atoms with Crippen molar-refractivity contribution in [3.63, 3.8) is 0 Å². The lowest BCUT2D eigenvalue weighted by atomic mass is 10.1. The number of rotatable bonds is 10. The predicted molar refractivity (Wildman–Crippen MR) is 130 cm³/mol. The fraction of sp³-hybridized carbons (Fsp3) is 0.280. The number of benzene rings is 2. The minimum atomic E-state index is -0.448. The molecule has 1 aromatic heterocycles. The maximum absolute atomic E-state index is 12.8. The van der Waals surface area contributed by atoms with E-state index >= 15 is 0 Å². The Hall–Kier alpha value is -3.36. The van der Waals surface area contributed by atoms with Crippen molar-refractivity contribution < 1.29 is 23.8 Å². The van der Waals surface area contributed by atoms with Crippen molar-refractivity contribution in [3.8, 4) is 21.9 Å². The minimum absolute atomic E-state index is 0.133. The molecule has 3 aromatic rings. The highest BCUT2D eigenvalue weighted by Crippen LogP contribution is 2.35. The molecule has 2 aromatic carbocycles. The lowest BCUT2D eigenvalue weighted by Crippen LogP contribution is -2.30. The van der Waals surface area contributed by atoms with Gasteiger partial charge in [0.1, 0.15) is 16.4 Å². The van der Waals surface area contributed by atoms with Gasteiger partial charge in [0.05, 0.1) is 33.1 Å². The fourth-order valence-electron chi connectivity index (χ4n) is 3.34. The van der Waals surface area contributed by atoms with Gasteiger partial charge < -0.3 is 19.5 Å². The maximum atomic E-state index is 12.8. The van der Waals surface area contributed by atoms with Crippen molar-refractivity contribution in [2.45, 2.75) is 13.5 Å². The van der Waals surface area contributed by atoms with Gasteiger partial charge in [-0.2, -0.15) is 0 Å². The van der Waals surface area contributed by atoms with Crippen LogP contribution < -0.4 is 14.8 Å². The van der Waals surface area contributed by atoms with Gasteiger partial charge in [-0.1, -0.05) is 36.4 Å². The summed E-state index contributed by atoms with van der Waals surface area (Å²) in [5.41, 5.74) is 2.36. The van der Waals surface area contributed by atoms with Crippen LogP contribution in [0, 0.1) is 0 Å². The zero-order chi connectivity index (χ0) is 23.8. The molecule has 1 N–H and O–H groups in total. The van der Waals surface area contributed by atoms with E-state index in [2.05, 4.69) is 5.32 Å². The Kier molecular flexibility index (Phi) is 8.46. The summed E-state index contributed by atoms with van der Waals surface area (Å²) in [6.45, 7) is 2.65. The molecular formula is C25H28N2O5S. The summed E-state index contributed by atoms with van der Waals surface area (Å²) in [4.78, 5) is 28.4. The summed E-state index contributed by atoms with van der Waals surface area (Å²) < 4.78 is 15.9. The number of hydrogen-bond acceptors (Lipinski definition) is 7. The molecule has 0 fully saturated rings. The smallest absolute Gasteiger partial charge is 0.350 e. The molecule has 0 bridgehead atoms. The Balaban J connectivity index is 1.72. The molecule has 0 saturated carbocycles. The lowest BCUT2D eigenvalue weighted by molar-refractivity contribution is -0.117. The number of hydrogen-bond donors (Lipinski definition) is 1. The monoisotopic (exact) mass is 468 g/mol. The highest BCUT2D eigenvalue weighted by molar-refractivity contribution is 7.18. The zero-order valence-electron chi connectivity index (χ0n) is 19.2. The Morgan fingerprint density at radius 2 is 1.79 bits per heavy atom. The molecule has 1 heterocycles. The van der Waals surface area contributed by atoms with Gasteiger partial charge >= 0.3 is 5.97 Å². The van der Waals surface area contributed by atoms with Crippen molar-refractivity contribution in [1.29, 1.82) is 0 Å². The second-order valence-electron chi connectivity index (χ2n) is 7.34. The van der Waals surface area contributed by atoms with Crippen LogP contribution >= 0.6 is 11.3 Å². The number of carbonyl (C=O) groups is 2. The summed E-state index contributed by atoms with van der Waals surface area (Å²) in [7, 11) is 5.05. The van der Waals surface area contributed by atoms with Crippen molar-refractivity contribution >= 4 is 28.9 Å². The summed E-state index contributed by atoms with van der Waals surface area (Å²) >= 11 is 1.30. The Morgan fingerprint density at radius 1 is 1.03 bits per heavy atom. The number of thiophene rings is 1. The van der Waals surface area contributed by atoms with Crippen molar-refractivity contribution in [1.82, 2.24) is 4.90 Å². The van der Waals surface area contributed by atoms with Crippen LogP contribution in [-0.2, 0) is 16.1 Å². The number of methoxy groups -OCH3 is 2. The maximum Gasteiger partial charge on any atom is 0.350 e. The molecule has 33 heavy (non-hydrogen) atoms. The molecule has 1 amide bonds. The molecule has 0 atom stereocenters. The van der Waals surface area contributed by atoms with Crippen LogP contribution in [0.15, 0.2) is 54.6 Å². The topological polar surface area (TPSA) is 77.1 Å². The summed E-state index contributed by atoms with van der Waals surface area (Å²) in [5.74, 6) is 0.718. The minimum Gasteiger partial charge on any atom is -0.497 e. The Bertz CT molecular complexity index is 1100. The summed E-state index contributed by atoms with van der Waals surface area (Å²) in [5, 5.41) is 2.88. The molecule has 0 unspecified atom stereocenters. The second kappa shape index (κ2) is 11.5. The van der Waals surface area contributed by atoms with Crippen LogP contribution in [0.25, 0.3) is 10.4 Å². The average Bonchev–Trinajstić information content (AvgIpc) is 3.23. The van der Waals surface area contributed by atoms with Crippen molar-refractivity contribution in [2.24, 2.45) is 0 Å². The van der Waals surface area contributed by atoms with E-state index in [9.17, 15) is 9.59 Å². The first-order valence-corrected chi connectivity index (χ1v) is 11.3. The molecule has 7 nitrogen and oxygen atoms in total. The largest absolute Gasteiger partial charge is 0.497 e. The number of anilines is 1. The van der Waals surface area contributed by atoms with E-state index < -0.39 is 5.97 Å². The van der Waals surface area contributed by atoms with Crippen LogP contribution in [0.2, 0.25) is 0 Å². The third kappa shape index (κ3) is 6.34. The molecule has 0 aliphatic heterocycles. The van der Waals surface area contributed by atoms with E-state index in [1.165, 1.54) is 11.3 Å². The molecule has 0 aliphatic rings. The highest BCUT2D eigenvalue weighted by Gasteiger charge is 2.20. The lowest BCUT2D eigenvalue weighted by Gasteiger charge is -2.18. The van der Waals surface area contributed by atoms with Crippen LogP contribution in [0.1, 0.15) is 22.2 Å². The quantitative estimate of drug-likeness (QED) is 0.436. The van der Waals surface area contributed by atoms with Gasteiger partial charge in [-0.15, -0.1) is 11.3 Å². The van der Waals surface area contributed by atoms with E-state index in [1.54, 1.807) is 21.1 Å². The third-order valence-corrected chi connectivity index (χ3v) is 6.04. The molecule has 8 heteroatoms. The van der Waals surface area contributed by atoms with Crippen molar-refractivity contribution in [3.05, 3.63) is 65.0 Å². The van der Waals surface area contributed by atoms with E-state index in [0.29, 0.717) is 28.6 Å². The van der Waals surface area contributed by atoms with E-state index in [-0.39, 0.29) is 19.1 Å². The molecule has 0 aliphatic carbocycles. The predicted octanol–water partition coefficient (Wildman–Crippen LogP) is 4.68. The number of amides is 1. The molecular weight excluding hydrogens is 440 g/mol. The first-order valence-electron chi connectivity index (χ1n) is 10.5. The number of ether oxygens (including phenoxy) is 3. The number of carbonyl (C=O) groups excluding carboxylic acids is 2. The third-order valence-electron chi connectivity index (χ3n) is 4.87. The number of likely N-dealkylation sites (N-methyl/N-ethyl adjacent to an activating group) is 1. The molecule has 0 radical (unpaired) electrons. The van der Waals surface area contributed by atoms with Gasteiger partial charge in [0, 0.05) is 23.1 Å². The van der Waals surface area contributed by atoms with Gasteiger partial charge in [-0.25, -0.2) is 4.79 Å². The van der Waals surface area contributed by atoms with E-state index in [1.807, 2.05) is 66.5 Å². The summed E-state index contributed by atoms with van der Waals surface area (Å²) in [6, 6.07) is 17.1. The van der Waals surface area contributed by atoms with Gasteiger partial charge in [0.25, 0.3) is 0 Å². The molecule has 174 valence electrons. The van der Waals surface area contributed by atoms with Crippen LogP contribution in [0.3, 0.4) is 0 Å². The molecule has 0 saturated heterocycles. The highest BCUT2D eigenvalue weighted by atomic mass is 32.1. The van der Waals surface area contributed by atoms with E-state index in [4.69, 9.17) is 14.2 Å². The Morgan fingerprint density at radius 3 is 2.45 bits per heavy atom. The number of nitrogens with one attached hydrogen (secondary N) is 1. The zero-order valence-corrected chi connectivity index (χ0v) is 20.0. The molecule has 0 spiro atoms. The fourth-order valence-corrected chi connectivity index (χ4v) is 4.35. The summed E-state index contributed by atoms with van der Waals surface area (Å²) in [6.07, 6.45) is 0. The van der Waals surface area contributed by atoms with Crippen LogP contribution in [0.4, 0.5) is 5.69 Å². The average molecular weight is 469 g/mol. The van der Waals surface area contributed by atoms with Crippen LogP contribution in [0.5, 0.6) is 11.5 Å². The number of nitrogens with zero attached hydrogens (tertiary/aromatic N) is 1. The SMILES string of the molecule is CCOC(=O)c1sc(-c2ccccc2)cc1NC(=O)CN(C)Cc1ccc(OC)cc1OC. The normalized spacial score (nSPS) is 10.7. The number of esters is 1. The first-order chi connectivity index (χ1) is 15.9. The van der Waals surface area contributed by atoms with Gasteiger partial charge in [0.15, 0.2) is 0 Å². The van der Waals surface area contributed by atoms with E-state index in [0.717, 1.165) is 16.0 Å². The first kappa shape index (κ1) is 24.3. The van der Waals surface area contributed by atoms with Gasteiger partial charge in [-0.05, 0) is 31.7 Å². The van der Waals surface area contributed by atoms with Gasteiger partial charge in [-0.3, -0.25) is 9.69 Å². The standard InChI is InChI=1S/C25H28N2O5S/c1-5-32-25(29)24-20(14-22(33-24)17-9-7-6-8-10-17)26-23(28)16-27(2)15-18-11-12-19(30-3)13-21(18)31-4/h6-14H,5,15-16H2,1-4H3,(H,26,28). The second-order valence-corrected chi connectivity index (χ2v) is 8.39. The van der Waals surface area contributed by atoms with Gasteiger partial charge in [0.2, 0.25) is 5.91 Å². The molecule has 3 rings (SSSR count). The van der Waals surface area contributed by atoms with Crippen molar-refractivity contribution in [2.75, 3.05) is 39.7 Å². The van der Waals surface area contributed by atoms with Crippen LogP contribution in [-0.4, -0.2) is 51.2 Å². The Labute approximate surface area is 197 Å².